The van der Waals surface area contributed by atoms with Gasteiger partial charge in [-0.25, -0.2) is 0 Å². The van der Waals surface area contributed by atoms with E-state index in [-0.39, 0.29) is 30.9 Å². The van der Waals surface area contributed by atoms with Crippen LogP contribution in [0.5, 0.6) is 5.75 Å². The van der Waals surface area contributed by atoms with E-state index in [1.165, 1.54) is 5.39 Å². The van der Waals surface area contributed by atoms with Crippen LogP contribution in [0.2, 0.25) is 0 Å². The molecule has 3 rings (SSSR count). The molecule has 3 aromatic carbocycles. The molecule has 0 spiro atoms. The van der Waals surface area contributed by atoms with Crippen molar-refractivity contribution < 1.29 is 14.3 Å². The van der Waals surface area contributed by atoms with E-state index in [0.717, 1.165) is 10.9 Å². The molecule has 0 saturated carbocycles. The third-order valence-corrected chi connectivity index (χ3v) is 4.83. The summed E-state index contributed by atoms with van der Waals surface area (Å²) in [4.78, 5) is 26.3. The minimum Gasteiger partial charge on any atom is -0.497 e. The van der Waals surface area contributed by atoms with Gasteiger partial charge in [-0.05, 0) is 48.5 Å². The first-order chi connectivity index (χ1) is 14.4. The van der Waals surface area contributed by atoms with Gasteiger partial charge in [0.25, 0.3) is 0 Å². The lowest BCUT2D eigenvalue weighted by Crippen LogP contribution is -2.39. The summed E-state index contributed by atoms with van der Waals surface area (Å²) >= 11 is 0. The number of fused-ring (bicyclic) bond motifs is 1. The van der Waals surface area contributed by atoms with E-state index in [4.69, 9.17) is 4.74 Å². The monoisotopic (exact) mass is 405 g/mol. The average molecular weight is 405 g/mol. The van der Waals surface area contributed by atoms with Gasteiger partial charge in [0.2, 0.25) is 11.8 Å². The van der Waals surface area contributed by atoms with Gasteiger partial charge in [-0.3, -0.25) is 14.5 Å². The lowest BCUT2D eigenvalue weighted by molar-refractivity contribution is -0.123. The predicted octanol–water partition coefficient (Wildman–Crippen LogP) is 3.60. The van der Waals surface area contributed by atoms with Gasteiger partial charge in [-0.15, -0.1) is 0 Å². The summed E-state index contributed by atoms with van der Waals surface area (Å²) in [6, 6.07) is 21.3. The summed E-state index contributed by atoms with van der Waals surface area (Å²) in [7, 11) is 3.32. The van der Waals surface area contributed by atoms with E-state index >= 15 is 0 Å². The Morgan fingerprint density at radius 1 is 0.933 bits per heavy atom. The Labute approximate surface area is 176 Å². The Morgan fingerprint density at radius 3 is 2.43 bits per heavy atom. The van der Waals surface area contributed by atoms with Gasteiger partial charge in [0, 0.05) is 11.8 Å². The van der Waals surface area contributed by atoms with Crippen LogP contribution in [0.25, 0.3) is 10.8 Å². The normalized spacial score (nSPS) is 11.9. The summed E-state index contributed by atoms with van der Waals surface area (Å²) in [5.74, 6) is 0.344. The van der Waals surface area contributed by atoms with Crippen molar-refractivity contribution in [2.24, 2.45) is 0 Å². The molecule has 30 heavy (non-hydrogen) atoms. The number of carbonyl (C=O) groups excluding carboxylic acids is 2. The topological polar surface area (TPSA) is 70.7 Å². The summed E-state index contributed by atoms with van der Waals surface area (Å²) < 4.78 is 5.15. The van der Waals surface area contributed by atoms with E-state index in [2.05, 4.69) is 34.9 Å². The van der Waals surface area contributed by atoms with Crippen molar-refractivity contribution in [1.82, 2.24) is 10.2 Å². The van der Waals surface area contributed by atoms with E-state index in [1.54, 1.807) is 37.3 Å². The molecule has 1 unspecified atom stereocenters. The maximum atomic E-state index is 12.4. The van der Waals surface area contributed by atoms with Crippen molar-refractivity contribution in [2.75, 3.05) is 32.6 Å². The molecule has 156 valence electrons. The average Bonchev–Trinajstić information content (AvgIpc) is 2.73. The molecule has 0 aliphatic heterocycles. The van der Waals surface area contributed by atoms with Crippen LogP contribution in [0.3, 0.4) is 0 Å². The second-order valence-corrected chi connectivity index (χ2v) is 7.35. The van der Waals surface area contributed by atoms with Gasteiger partial charge in [-0.1, -0.05) is 42.5 Å². The molecule has 0 bridgehead atoms. The van der Waals surface area contributed by atoms with Crippen LogP contribution in [0.15, 0.2) is 66.7 Å². The molecule has 0 saturated heterocycles. The number of methoxy groups -OCH3 is 1. The fourth-order valence-electron chi connectivity index (χ4n) is 3.30. The molecular formula is C24H27N3O3. The molecule has 2 amide bonds. The number of likely N-dealkylation sites (N-methyl/N-ethyl adjacent to an activating group) is 1. The number of benzene rings is 3. The minimum absolute atomic E-state index is 0.106. The molecular weight excluding hydrogens is 378 g/mol. The highest BCUT2D eigenvalue weighted by Gasteiger charge is 2.14. The first-order valence-electron chi connectivity index (χ1n) is 9.85. The highest BCUT2D eigenvalue weighted by Crippen LogP contribution is 2.20. The Kier molecular flexibility index (Phi) is 7.03. The third kappa shape index (κ3) is 5.81. The molecule has 0 aliphatic carbocycles. The Balaban J connectivity index is 1.49. The molecule has 0 fully saturated rings. The Bertz CT molecular complexity index is 1030. The fraction of sp³-hybridized carbons (Fsp3) is 0.250. The molecule has 0 aliphatic rings. The summed E-state index contributed by atoms with van der Waals surface area (Å²) in [5.41, 5.74) is 1.70. The predicted molar refractivity (Wildman–Crippen MR) is 120 cm³/mol. The molecule has 0 radical (unpaired) electrons. The van der Waals surface area contributed by atoms with Gasteiger partial charge in [0.1, 0.15) is 5.75 Å². The lowest BCUT2D eigenvalue weighted by atomic mass is 10.0. The summed E-state index contributed by atoms with van der Waals surface area (Å²) in [5, 5.41) is 8.12. The summed E-state index contributed by atoms with van der Waals surface area (Å²) in [6.07, 6.45) is 0. The highest BCUT2D eigenvalue weighted by molar-refractivity contribution is 5.92. The van der Waals surface area contributed by atoms with Crippen LogP contribution in [0.1, 0.15) is 18.5 Å². The number of hydrogen-bond donors (Lipinski definition) is 2. The van der Waals surface area contributed by atoms with Crippen molar-refractivity contribution in [2.45, 2.75) is 13.0 Å². The number of nitrogens with zero attached hydrogens (tertiary/aromatic N) is 1. The van der Waals surface area contributed by atoms with Gasteiger partial charge >= 0.3 is 0 Å². The minimum atomic E-state index is -0.193. The first kappa shape index (κ1) is 21.3. The standard InChI is InChI=1S/C24H27N3O3/c1-17(19-12-11-18-7-4-5-8-20(18)13-19)25-23(28)15-27(2)16-24(29)26-21-9-6-10-22(14-21)30-3/h4-14,17H,15-16H2,1-3H3,(H,25,28)(H,26,29). The van der Waals surface area contributed by atoms with Crippen molar-refractivity contribution in [3.8, 4) is 5.75 Å². The lowest BCUT2D eigenvalue weighted by Gasteiger charge is -2.19. The van der Waals surface area contributed by atoms with E-state index in [9.17, 15) is 9.59 Å². The van der Waals surface area contributed by atoms with Gasteiger partial charge in [0.15, 0.2) is 0 Å². The molecule has 0 heterocycles. The number of ether oxygens (including phenoxy) is 1. The molecule has 0 aromatic heterocycles. The smallest absolute Gasteiger partial charge is 0.238 e. The van der Waals surface area contributed by atoms with Crippen molar-refractivity contribution in [3.63, 3.8) is 0 Å². The zero-order valence-corrected chi connectivity index (χ0v) is 17.5. The number of carbonyl (C=O) groups is 2. The van der Waals surface area contributed by atoms with E-state index in [0.29, 0.717) is 11.4 Å². The van der Waals surface area contributed by atoms with Crippen LogP contribution in [0, 0.1) is 0 Å². The molecule has 6 heteroatoms. The Hall–Kier alpha value is -3.38. The van der Waals surface area contributed by atoms with Crippen LogP contribution in [-0.4, -0.2) is 44.0 Å². The third-order valence-electron chi connectivity index (χ3n) is 4.83. The van der Waals surface area contributed by atoms with Crippen molar-refractivity contribution in [3.05, 3.63) is 72.3 Å². The van der Waals surface area contributed by atoms with Gasteiger partial charge in [0.05, 0.1) is 26.2 Å². The van der Waals surface area contributed by atoms with Gasteiger partial charge < -0.3 is 15.4 Å². The van der Waals surface area contributed by atoms with Crippen molar-refractivity contribution in [1.29, 1.82) is 0 Å². The van der Waals surface area contributed by atoms with Crippen LogP contribution >= 0.6 is 0 Å². The number of rotatable bonds is 8. The maximum absolute atomic E-state index is 12.4. The zero-order chi connectivity index (χ0) is 21.5. The Morgan fingerprint density at radius 2 is 1.67 bits per heavy atom. The van der Waals surface area contributed by atoms with Crippen LogP contribution < -0.4 is 15.4 Å². The molecule has 2 N–H and O–H groups in total. The first-order valence-corrected chi connectivity index (χ1v) is 9.85. The van der Waals surface area contributed by atoms with Crippen LogP contribution in [0.4, 0.5) is 5.69 Å². The van der Waals surface area contributed by atoms with Crippen molar-refractivity contribution >= 4 is 28.3 Å². The molecule has 1 atom stereocenters. The summed E-state index contributed by atoms with van der Waals surface area (Å²) in [6.45, 7) is 2.19. The fourth-order valence-corrected chi connectivity index (χ4v) is 3.30. The molecule has 6 nitrogen and oxygen atoms in total. The maximum Gasteiger partial charge on any atom is 0.238 e. The second-order valence-electron chi connectivity index (χ2n) is 7.35. The number of amides is 2. The number of anilines is 1. The van der Waals surface area contributed by atoms with E-state index < -0.39 is 0 Å². The quantitative estimate of drug-likeness (QED) is 0.601. The number of hydrogen-bond acceptors (Lipinski definition) is 4. The molecule has 3 aromatic rings. The largest absolute Gasteiger partial charge is 0.497 e. The van der Waals surface area contributed by atoms with E-state index in [1.807, 2.05) is 31.2 Å². The van der Waals surface area contributed by atoms with Crippen LogP contribution in [-0.2, 0) is 9.59 Å². The highest BCUT2D eigenvalue weighted by atomic mass is 16.5. The second kappa shape index (κ2) is 9.89. The zero-order valence-electron chi connectivity index (χ0n) is 17.5. The number of nitrogens with one attached hydrogen (secondary N) is 2. The van der Waals surface area contributed by atoms with Gasteiger partial charge in [-0.2, -0.15) is 0 Å². The SMILES string of the molecule is COc1cccc(NC(=O)CN(C)CC(=O)NC(C)c2ccc3ccccc3c2)c1.